The van der Waals surface area contributed by atoms with Crippen LogP contribution >= 0.6 is 0 Å². The van der Waals surface area contributed by atoms with Crippen molar-refractivity contribution in [2.24, 2.45) is 0 Å². The molecule has 1 aliphatic rings. The molecular weight excluding hydrogens is 256 g/mol. The molecule has 2 N–H and O–H groups in total. The molecule has 4 heteroatoms. The van der Waals surface area contributed by atoms with Crippen molar-refractivity contribution in [3.05, 3.63) is 70.3 Å². The Labute approximate surface area is 116 Å². The highest BCUT2D eigenvalue weighted by atomic mass is 16.5. The Kier molecular flexibility index (Phi) is 3.26. The molecule has 2 aromatic rings. The van der Waals surface area contributed by atoms with Gasteiger partial charge in [0.1, 0.15) is 6.10 Å². The third-order valence-electron chi connectivity index (χ3n) is 3.55. The number of carbonyl (C=O) groups is 1. The minimum absolute atomic E-state index is 0.122. The molecule has 0 amide bonds. The van der Waals surface area contributed by atoms with Gasteiger partial charge in [-0.15, -0.1) is 0 Å². The second-order valence-corrected chi connectivity index (χ2v) is 4.82. The van der Waals surface area contributed by atoms with Gasteiger partial charge >= 0.3 is 5.97 Å². The highest BCUT2D eigenvalue weighted by molar-refractivity contribution is 5.89. The standard InChI is InChI=1S/C16H14O4/c17-15(13-3-1-2-4-14(13)16(18)19)10-5-6-11-8-20-9-12(11)7-10/h1-7,15,17H,8-9H2,(H,18,19). The number of aliphatic hydroxyl groups excluding tert-OH is 1. The lowest BCUT2D eigenvalue weighted by atomic mass is 9.95. The Bertz CT molecular complexity index is 663. The lowest BCUT2D eigenvalue weighted by Crippen LogP contribution is -2.08. The normalized spacial score (nSPS) is 14.8. The topological polar surface area (TPSA) is 66.8 Å². The van der Waals surface area contributed by atoms with Gasteiger partial charge in [0.15, 0.2) is 0 Å². The third kappa shape index (κ3) is 2.19. The van der Waals surface area contributed by atoms with Gasteiger partial charge in [-0.3, -0.25) is 0 Å². The number of aromatic carboxylic acids is 1. The van der Waals surface area contributed by atoms with Crippen molar-refractivity contribution in [1.82, 2.24) is 0 Å². The number of ether oxygens (including phenoxy) is 1. The van der Waals surface area contributed by atoms with E-state index in [2.05, 4.69) is 0 Å². The number of hydrogen-bond donors (Lipinski definition) is 2. The van der Waals surface area contributed by atoms with E-state index >= 15 is 0 Å². The third-order valence-corrected chi connectivity index (χ3v) is 3.55. The number of fused-ring (bicyclic) bond motifs is 1. The Balaban J connectivity index is 2.01. The SMILES string of the molecule is O=C(O)c1ccccc1C(O)c1ccc2c(c1)COC2. The summed E-state index contributed by atoms with van der Waals surface area (Å²) < 4.78 is 5.34. The second-order valence-electron chi connectivity index (χ2n) is 4.82. The summed E-state index contributed by atoms with van der Waals surface area (Å²) in [5, 5.41) is 19.6. The van der Waals surface area contributed by atoms with Gasteiger partial charge in [-0.05, 0) is 28.3 Å². The monoisotopic (exact) mass is 270 g/mol. The number of rotatable bonds is 3. The molecule has 4 nitrogen and oxygen atoms in total. The molecule has 3 rings (SSSR count). The second kappa shape index (κ2) is 5.07. The quantitative estimate of drug-likeness (QED) is 0.899. The zero-order valence-corrected chi connectivity index (χ0v) is 10.7. The molecule has 0 radical (unpaired) electrons. The molecule has 0 saturated carbocycles. The fourth-order valence-electron chi connectivity index (χ4n) is 2.47. The minimum Gasteiger partial charge on any atom is -0.478 e. The zero-order chi connectivity index (χ0) is 14.1. The summed E-state index contributed by atoms with van der Waals surface area (Å²) in [6.45, 7) is 1.13. The maximum atomic E-state index is 11.2. The van der Waals surface area contributed by atoms with Crippen LogP contribution in [0.2, 0.25) is 0 Å². The summed E-state index contributed by atoms with van der Waals surface area (Å²) >= 11 is 0. The number of aliphatic hydroxyl groups is 1. The molecule has 0 aliphatic carbocycles. The van der Waals surface area contributed by atoms with Crippen molar-refractivity contribution in [2.75, 3.05) is 0 Å². The molecule has 0 fully saturated rings. The minimum atomic E-state index is -1.04. The average molecular weight is 270 g/mol. The van der Waals surface area contributed by atoms with Crippen LogP contribution in [0, 0.1) is 0 Å². The maximum Gasteiger partial charge on any atom is 0.336 e. The number of benzene rings is 2. The predicted molar refractivity (Wildman–Crippen MR) is 72.4 cm³/mol. The zero-order valence-electron chi connectivity index (χ0n) is 10.7. The average Bonchev–Trinajstić information content (AvgIpc) is 2.93. The van der Waals surface area contributed by atoms with E-state index in [1.165, 1.54) is 6.07 Å². The first-order chi connectivity index (χ1) is 9.66. The molecule has 0 aromatic heterocycles. The molecule has 1 unspecified atom stereocenters. The van der Waals surface area contributed by atoms with Gasteiger partial charge in [-0.2, -0.15) is 0 Å². The van der Waals surface area contributed by atoms with E-state index in [0.29, 0.717) is 24.3 Å². The van der Waals surface area contributed by atoms with Crippen molar-refractivity contribution < 1.29 is 19.7 Å². The van der Waals surface area contributed by atoms with Gasteiger partial charge in [0, 0.05) is 0 Å². The van der Waals surface area contributed by atoms with Crippen molar-refractivity contribution in [2.45, 2.75) is 19.3 Å². The van der Waals surface area contributed by atoms with E-state index in [1.807, 2.05) is 18.2 Å². The first-order valence-corrected chi connectivity index (χ1v) is 6.36. The first-order valence-electron chi connectivity index (χ1n) is 6.36. The smallest absolute Gasteiger partial charge is 0.336 e. The Morgan fingerprint density at radius 2 is 1.85 bits per heavy atom. The largest absolute Gasteiger partial charge is 0.478 e. The molecule has 0 spiro atoms. The van der Waals surface area contributed by atoms with E-state index in [4.69, 9.17) is 4.74 Å². The van der Waals surface area contributed by atoms with Gasteiger partial charge in [0.25, 0.3) is 0 Å². The highest BCUT2D eigenvalue weighted by Crippen LogP contribution is 2.29. The maximum absolute atomic E-state index is 11.2. The molecule has 2 aromatic carbocycles. The van der Waals surface area contributed by atoms with Gasteiger partial charge < -0.3 is 14.9 Å². The number of hydrogen-bond acceptors (Lipinski definition) is 3. The molecule has 0 bridgehead atoms. The van der Waals surface area contributed by atoms with Crippen LogP contribution in [0.5, 0.6) is 0 Å². The number of carboxylic acids is 1. The van der Waals surface area contributed by atoms with Crippen LogP contribution in [-0.4, -0.2) is 16.2 Å². The van der Waals surface area contributed by atoms with Crippen LogP contribution < -0.4 is 0 Å². The highest BCUT2D eigenvalue weighted by Gasteiger charge is 2.20. The van der Waals surface area contributed by atoms with E-state index in [-0.39, 0.29) is 5.56 Å². The summed E-state index contributed by atoms with van der Waals surface area (Å²) in [5.41, 5.74) is 3.38. The van der Waals surface area contributed by atoms with E-state index in [1.54, 1.807) is 18.2 Å². The summed E-state index contributed by atoms with van der Waals surface area (Å²) in [6, 6.07) is 12.1. The van der Waals surface area contributed by atoms with E-state index in [9.17, 15) is 15.0 Å². The first kappa shape index (κ1) is 12.8. The van der Waals surface area contributed by atoms with Crippen LogP contribution in [-0.2, 0) is 18.0 Å². The number of carboxylic acid groups (broad SMARTS) is 1. The molecule has 20 heavy (non-hydrogen) atoms. The van der Waals surface area contributed by atoms with Gasteiger partial charge in [0.2, 0.25) is 0 Å². The van der Waals surface area contributed by atoms with Gasteiger partial charge in [0.05, 0.1) is 18.8 Å². The molecule has 0 saturated heterocycles. The van der Waals surface area contributed by atoms with Crippen LogP contribution in [0.25, 0.3) is 0 Å². The van der Waals surface area contributed by atoms with Crippen LogP contribution in [0.4, 0.5) is 0 Å². The van der Waals surface area contributed by atoms with Crippen molar-refractivity contribution >= 4 is 5.97 Å². The van der Waals surface area contributed by atoms with Crippen molar-refractivity contribution in [1.29, 1.82) is 0 Å². The van der Waals surface area contributed by atoms with Crippen molar-refractivity contribution in [3.8, 4) is 0 Å². The summed E-state index contributed by atoms with van der Waals surface area (Å²) in [6.07, 6.45) is -0.951. The summed E-state index contributed by atoms with van der Waals surface area (Å²) in [7, 11) is 0. The fraction of sp³-hybridized carbons (Fsp3) is 0.188. The van der Waals surface area contributed by atoms with E-state index < -0.39 is 12.1 Å². The van der Waals surface area contributed by atoms with Crippen LogP contribution in [0.1, 0.15) is 38.7 Å². The lowest BCUT2D eigenvalue weighted by Gasteiger charge is -2.15. The van der Waals surface area contributed by atoms with Crippen LogP contribution in [0.3, 0.4) is 0 Å². The fourth-order valence-corrected chi connectivity index (χ4v) is 2.47. The molecule has 1 heterocycles. The van der Waals surface area contributed by atoms with Crippen LogP contribution in [0.15, 0.2) is 42.5 Å². The Morgan fingerprint density at radius 3 is 2.65 bits per heavy atom. The van der Waals surface area contributed by atoms with E-state index in [0.717, 1.165) is 11.1 Å². The molecule has 1 atom stereocenters. The molecular formula is C16H14O4. The molecule has 102 valence electrons. The Hall–Kier alpha value is -2.17. The lowest BCUT2D eigenvalue weighted by molar-refractivity contribution is 0.0691. The predicted octanol–water partition coefficient (Wildman–Crippen LogP) is 2.50. The molecule has 1 aliphatic heterocycles. The summed E-state index contributed by atoms with van der Waals surface area (Å²) in [5.74, 6) is -1.04. The van der Waals surface area contributed by atoms with Gasteiger partial charge in [-0.25, -0.2) is 4.79 Å². The van der Waals surface area contributed by atoms with Gasteiger partial charge in [-0.1, -0.05) is 36.4 Å². The summed E-state index contributed by atoms with van der Waals surface area (Å²) in [4.78, 5) is 11.2. The Morgan fingerprint density at radius 1 is 1.10 bits per heavy atom. The van der Waals surface area contributed by atoms with Crippen molar-refractivity contribution in [3.63, 3.8) is 0 Å².